The van der Waals surface area contributed by atoms with Crippen LogP contribution in [-0.2, 0) is 16.1 Å². The molecular weight excluding hydrogens is 328 g/mol. The van der Waals surface area contributed by atoms with Crippen LogP contribution >= 0.6 is 0 Å². The van der Waals surface area contributed by atoms with Crippen molar-refractivity contribution in [3.05, 3.63) is 35.4 Å². The summed E-state index contributed by atoms with van der Waals surface area (Å²) < 4.78 is 5.15. The molecule has 5 nitrogen and oxygen atoms in total. The van der Waals surface area contributed by atoms with Crippen LogP contribution in [0.2, 0.25) is 0 Å². The van der Waals surface area contributed by atoms with Gasteiger partial charge in [0.1, 0.15) is 0 Å². The summed E-state index contributed by atoms with van der Waals surface area (Å²) in [6.07, 6.45) is 3.77. The van der Waals surface area contributed by atoms with Crippen LogP contribution in [0.25, 0.3) is 0 Å². The molecule has 142 valence electrons. The fraction of sp³-hybridized carbons (Fsp3) is 0.619. The number of nitrogens with zero attached hydrogens (tertiary/aromatic N) is 2. The third-order valence-electron chi connectivity index (χ3n) is 5.71. The zero-order chi connectivity index (χ0) is 18.5. The lowest BCUT2D eigenvalue weighted by molar-refractivity contribution is -0.138. The Morgan fingerprint density at radius 2 is 1.69 bits per heavy atom. The van der Waals surface area contributed by atoms with Gasteiger partial charge in [0.05, 0.1) is 6.61 Å². The number of carbonyl (C=O) groups is 2. The fourth-order valence-electron chi connectivity index (χ4n) is 3.96. The molecule has 0 atom stereocenters. The number of benzene rings is 1. The van der Waals surface area contributed by atoms with Crippen LogP contribution in [0.5, 0.6) is 0 Å². The van der Waals surface area contributed by atoms with Crippen molar-refractivity contribution >= 4 is 11.8 Å². The van der Waals surface area contributed by atoms with Gasteiger partial charge in [-0.2, -0.15) is 0 Å². The SMILES string of the molecule is COCc1cccc(C(=O)N2CCC(C(=O)N3CCC(C)CC3)CC2)c1. The average molecular weight is 358 g/mol. The zero-order valence-corrected chi connectivity index (χ0v) is 15.9. The molecule has 2 aliphatic heterocycles. The molecule has 5 heteroatoms. The standard InChI is InChI=1S/C21H30N2O3/c1-16-6-10-22(11-7-16)20(24)18-8-12-23(13-9-18)21(25)19-5-3-4-17(14-19)15-26-2/h3-5,14,16,18H,6-13,15H2,1-2H3. The van der Waals surface area contributed by atoms with Gasteiger partial charge in [-0.1, -0.05) is 19.1 Å². The van der Waals surface area contributed by atoms with Crippen molar-refractivity contribution in [2.24, 2.45) is 11.8 Å². The van der Waals surface area contributed by atoms with Crippen molar-refractivity contribution in [1.29, 1.82) is 0 Å². The van der Waals surface area contributed by atoms with E-state index in [1.54, 1.807) is 7.11 Å². The maximum atomic E-state index is 12.8. The highest BCUT2D eigenvalue weighted by atomic mass is 16.5. The third-order valence-corrected chi connectivity index (χ3v) is 5.71. The second-order valence-corrected chi connectivity index (χ2v) is 7.71. The molecule has 0 aromatic heterocycles. The van der Waals surface area contributed by atoms with E-state index in [1.807, 2.05) is 34.1 Å². The molecule has 26 heavy (non-hydrogen) atoms. The van der Waals surface area contributed by atoms with Crippen LogP contribution in [0.4, 0.5) is 0 Å². The Morgan fingerprint density at radius 1 is 1.04 bits per heavy atom. The van der Waals surface area contributed by atoms with Crippen LogP contribution in [0, 0.1) is 11.8 Å². The molecule has 2 saturated heterocycles. The fourth-order valence-corrected chi connectivity index (χ4v) is 3.96. The third kappa shape index (κ3) is 4.44. The van der Waals surface area contributed by atoms with Crippen molar-refractivity contribution in [1.82, 2.24) is 9.80 Å². The van der Waals surface area contributed by atoms with Crippen molar-refractivity contribution in [2.75, 3.05) is 33.3 Å². The second kappa shape index (κ2) is 8.67. The number of ether oxygens (including phenoxy) is 1. The first-order chi connectivity index (χ1) is 12.6. The van der Waals surface area contributed by atoms with E-state index in [4.69, 9.17) is 4.74 Å². The molecular formula is C21H30N2O3. The Morgan fingerprint density at radius 3 is 2.35 bits per heavy atom. The van der Waals surface area contributed by atoms with Crippen molar-refractivity contribution in [2.45, 2.75) is 39.2 Å². The van der Waals surface area contributed by atoms with E-state index in [9.17, 15) is 9.59 Å². The zero-order valence-electron chi connectivity index (χ0n) is 15.9. The molecule has 3 rings (SSSR count). The lowest BCUT2D eigenvalue weighted by Crippen LogP contribution is -2.46. The number of rotatable bonds is 4. The van der Waals surface area contributed by atoms with Gasteiger partial charge in [-0.15, -0.1) is 0 Å². The molecule has 0 aliphatic carbocycles. The van der Waals surface area contributed by atoms with Crippen molar-refractivity contribution in [3.63, 3.8) is 0 Å². The van der Waals surface area contributed by atoms with Gasteiger partial charge in [-0.3, -0.25) is 9.59 Å². The Labute approximate surface area is 156 Å². The number of methoxy groups -OCH3 is 1. The van der Waals surface area contributed by atoms with E-state index >= 15 is 0 Å². The monoisotopic (exact) mass is 358 g/mol. The van der Waals surface area contributed by atoms with Gasteiger partial charge in [0.15, 0.2) is 0 Å². The normalized spacial score (nSPS) is 19.6. The lowest BCUT2D eigenvalue weighted by atomic mass is 9.92. The summed E-state index contributed by atoms with van der Waals surface area (Å²) in [5.74, 6) is 1.16. The molecule has 0 N–H and O–H groups in total. The molecule has 2 fully saturated rings. The Hall–Kier alpha value is -1.88. The number of piperidine rings is 2. The summed E-state index contributed by atoms with van der Waals surface area (Å²) in [6, 6.07) is 7.62. The van der Waals surface area contributed by atoms with E-state index in [-0.39, 0.29) is 11.8 Å². The Bertz CT molecular complexity index is 630. The maximum Gasteiger partial charge on any atom is 0.253 e. The van der Waals surface area contributed by atoms with E-state index in [0.29, 0.717) is 31.2 Å². The van der Waals surface area contributed by atoms with E-state index < -0.39 is 0 Å². The Kier molecular flexibility index (Phi) is 6.30. The lowest BCUT2D eigenvalue weighted by Gasteiger charge is -2.36. The molecule has 1 aromatic rings. The smallest absolute Gasteiger partial charge is 0.253 e. The highest BCUT2D eigenvalue weighted by Crippen LogP contribution is 2.24. The van der Waals surface area contributed by atoms with Gasteiger partial charge in [0, 0.05) is 44.8 Å². The van der Waals surface area contributed by atoms with Crippen LogP contribution in [0.3, 0.4) is 0 Å². The predicted octanol–water partition coefficient (Wildman–Crippen LogP) is 2.94. The molecule has 0 saturated carbocycles. The van der Waals surface area contributed by atoms with Gasteiger partial charge in [-0.05, 0) is 49.3 Å². The molecule has 0 radical (unpaired) electrons. The largest absolute Gasteiger partial charge is 0.380 e. The summed E-state index contributed by atoms with van der Waals surface area (Å²) in [7, 11) is 1.65. The molecule has 0 unspecified atom stereocenters. The van der Waals surface area contributed by atoms with Gasteiger partial charge >= 0.3 is 0 Å². The molecule has 0 bridgehead atoms. The number of carbonyl (C=O) groups excluding carboxylic acids is 2. The van der Waals surface area contributed by atoms with Crippen LogP contribution in [0.1, 0.15) is 48.5 Å². The topological polar surface area (TPSA) is 49.9 Å². The van der Waals surface area contributed by atoms with Crippen molar-refractivity contribution < 1.29 is 14.3 Å². The van der Waals surface area contributed by atoms with Gasteiger partial charge in [0.25, 0.3) is 5.91 Å². The summed E-state index contributed by atoms with van der Waals surface area (Å²) in [5.41, 5.74) is 1.71. The van der Waals surface area contributed by atoms with E-state index in [2.05, 4.69) is 6.92 Å². The summed E-state index contributed by atoms with van der Waals surface area (Å²) in [4.78, 5) is 29.4. The van der Waals surface area contributed by atoms with Crippen LogP contribution in [-0.4, -0.2) is 54.9 Å². The molecule has 2 aliphatic rings. The number of hydrogen-bond acceptors (Lipinski definition) is 3. The van der Waals surface area contributed by atoms with Gasteiger partial charge in [-0.25, -0.2) is 0 Å². The maximum absolute atomic E-state index is 12.8. The molecule has 2 heterocycles. The minimum atomic E-state index is 0.0562. The van der Waals surface area contributed by atoms with Crippen molar-refractivity contribution in [3.8, 4) is 0 Å². The molecule has 1 aromatic carbocycles. The first-order valence-corrected chi connectivity index (χ1v) is 9.74. The number of hydrogen-bond donors (Lipinski definition) is 0. The van der Waals surface area contributed by atoms with E-state index in [1.165, 1.54) is 0 Å². The molecule has 0 spiro atoms. The first kappa shape index (κ1) is 18.9. The minimum Gasteiger partial charge on any atom is -0.380 e. The second-order valence-electron chi connectivity index (χ2n) is 7.71. The number of amides is 2. The summed E-state index contributed by atoms with van der Waals surface area (Å²) in [5, 5.41) is 0. The Balaban J connectivity index is 1.54. The van der Waals surface area contributed by atoms with E-state index in [0.717, 1.165) is 50.3 Å². The number of likely N-dealkylation sites (tertiary alicyclic amines) is 2. The highest BCUT2D eigenvalue weighted by molar-refractivity contribution is 5.94. The quantitative estimate of drug-likeness (QED) is 0.831. The predicted molar refractivity (Wildman–Crippen MR) is 101 cm³/mol. The highest BCUT2D eigenvalue weighted by Gasteiger charge is 2.31. The minimum absolute atomic E-state index is 0.0562. The van der Waals surface area contributed by atoms with Gasteiger partial charge < -0.3 is 14.5 Å². The van der Waals surface area contributed by atoms with Gasteiger partial charge in [0.2, 0.25) is 5.91 Å². The first-order valence-electron chi connectivity index (χ1n) is 9.74. The average Bonchev–Trinajstić information content (AvgIpc) is 2.68. The summed E-state index contributed by atoms with van der Waals surface area (Å²) in [6.45, 7) is 5.87. The molecule has 2 amide bonds. The van der Waals surface area contributed by atoms with Crippen LogP contribution < -0.4 is 0 Å². The summed E-state index contributed by atoms with van der Waals surface area (Å²) >= 11 is 0. The van der Waals surface area contributed by atoms with Crippen LogP contribution in [0.15, 0.2) is 24.3 Å².